The summed E-state index contributed by atoms with van der Waals surface area (Å²) < 4.78 is 50.5. The van der Waals surface area contributed by atoms with E-state index in [-0.39, 0.29) is 21.9 Å². The van der Waals surface area contributed by atoms with Crippen molar-refractivity contribution in [2.45, 2.75) is 88.9 Å². The molecule has 7 N–H and O–H groups in total. The number of anilines is 2. The molecule has 8 rings (SSSR count). The van der Waals surface area contributed by atoms with E-state index in [0.717, 1.165) is 29.5 Å². The Hall–Kier alpha value is -5.14. The maximum Gasteiger partial charge on any atom is 0.341 e. The zero-order valence-corrected chi connectivity index (χ0v) is 42.5. The van der Waals surface area contributed by atoms with Gasteiger partial charge in [-0.2, -0.15) is 19.9 Å². The fraction of sp³-hybridized carbons (Fsp3) is 0.435. The lowest BCUT2D eigenvalue weighted by molar-refractivity contribution is -0.0511. The third kappa shape index (κ3) is 12.4. The van der Waals surface area contributed by atoms with Crippen LogP contribution < -0.4 is 9.80 Å². The highest BCUT2D eigenvalue weighted by Gasteiger charge is 2.47. The third-order valence-corrected chi connectivity index (χ3v) is 16.2. The molecule has 0 saturated carbocycles. The number of aliphatic hydroxyl groups excluding tert-OH is 5. The number of terminal acetylenes is 1. The Kier molecular flexibility index (Phi) is 17.2. The van der Waals surface area contributed by atoms with Gasteiger partial charge in [-0.1, -0.05) is 55.9 Å². The Labute approximate surface area is 428 Å². The number of fused-ring (bicyclic) bond motifs is 2. The number of ether oxygens (including phenoxy) is 2. The van der Waals surface area contributed by atoms with Gasteiger partial charge < -0.3 is 59.1 Å². The van der Waals surface area contributed by atoms with E-state index in [2.05, 4.69) is 47.7 Å². The number of hydrogen-bond donors (Lipinski definition) is 7. The van der Waals surface area contributed by atoms with Crippen molar-refractivity contribution in [3.05, 3.63) is 94.0 Å². The predicted octanol–water partition coefficient (Wildman–Crippen LogP) is 3.73. The molecule has 2 aliphatic heterocycles. The van der Waals surface area contributed by atoms with Crippen LogP contribution in [0, 0.1) is 24.2 Å². The number of nitrogens with zero attached hydrogens (tertiary/aromatic N) is 10. The molecular weight excluding hydrogens is 1030 g/mol. The smallest absolute Gasteiger partial charge is 0.341 e. The maximum atomic E-state index is 13.1. The Bertz CT molecular complexity index is 3120. The molecule has 388 valence electrons. The van der Waals surface area contributed by atoms with E-state index in [1.165, 1.54) is 21.8 Å². The van der Waals surface area contributed by atoms with Gasteiger partial charge in [-0.05, 0) is 71.4 Å². The van der Waals surface area contributed by atoms with E-state index in [4.69, 9.17) is 48.1 Å². The number of imidazole rings is 2. The van der Waals surface area contributed by atoms with Gasteiger partial charge in [-0.3, -0.25) is 22.8 Å². The van der Waals surface area contributed by atoms with Crippen LogP contribution in [0.3, 0.4) is 0 Å². The van der Waals surface area contributed by atoms with Crippen LogP contribution in [-0.4, -0.2) is 150 Å². The van der Waals surface area contributed by atoms with Crippen LogP contribution in [0.5, 0.6) is 0 Å². The van der Waals surface area contributed by atoms with Gasteiger partial charge in [0.25, 0.3) is 0 Å². The van der Waals surface area contributed by atoms with E-state index in [1.54, 1.807) is 12.1 Å². The third-order valence-electron chi connectivity index (χ3n) is 11.9. The molecule has 6 heterocycles. The number of rotatable bonds is 20. The Morgan fingerprint density at radius 3 is 1.63 bits per heavy atom. The van der Waals surface area contributed by atoms with Gasteiger partial charge >= 0.3 is 15.2 Å². The van der Waals surface area contributed by atoms with E-state index >= 15 is 0 Å². The number of benzene rings is 2. The van der Waals surface area contributed by atoms with Gasteiger partial charge in [0.1, 0.15) is 43.2 Å². The zero-order chi connectivity index (χ0) is 52.2. The summed E-state index contributed by atoms with van der Waals surface area (Å²) in [5.74, 6) is 7.56. The van der Waals surface area contributed by atoms with Crippen LogP contribution >= 0.6 is 38.4 Å². The molecule has 2 unspecified atom stereocenters. The van der Waals surface area contributed by atoms with E-state index < -0.39 is 90.0 Å². The molecule has 0 radical (unpaired) electrons. The normalized spacial score (nSPS) is 23.5. The molecule has 0 amide bonds. The molecule has 10 atom stereocenters. The zero-order valence-electron chi connectivity index (χ0n) is 39.2. The molecular formula is C46H52Cl2N10O13P2. The fourth-order valence-electron chi connectivity index (χ4n) is 8.44. The number of hydrogen-bond acceptors (Lipinski definition) is 19. The van der Waals surface area contributed by atoms with Crippen LogP contribution in [0.25, 0.3) is 22.3 Å². The number of aliphatic hydroxyl groups is 5. The van der Waals surface area contributed by atoms with Gasteiger partial charge in [0.15, 0.2) is 52.3 Å². The maximum absolute atomic E-state index is 13.1. The van der Waals surface area contributed by atoms with Gasteiger partial charge in [-0.15, -0.1) is 6.42 Å². The lowest BCUT2D eigenvalue weighted by atomic mass is 10.1. The van der Waals surface area contributed by atoms with Crippen molar-refractivity contribution >= 4 is 72.4 Å². The summed E-state index contributed by atoms with van der Waals surface area (Å²) >= 11 is 12.8. The second-order valence-electron chi connectivity index (χ2n) is 17.2. The molecule has 73 heavy (non-hydrogen) atoms. The second kappa shape index (κ2) is 23.2. The molecule has 23 nitrogen and oxygen atoms in total. The van der Waals surface area contributed by atoms with Crippen molar-refractivity contribution in [2.75, 3.05) is 48.6 Å². The van der Waals surface area contributed by atoms with Crippen molar-refractivity contribution in [1.82, 2.24) is 39.0 Å². The van der Waals surface area contributed by atoms with Crippen LogP contribution in [0.4, 0.5) is 11.6 Å². The average molecular weight is 1090 g/mol. The summed E-state index contributed by atoms with van der Waals surface area (Å²) in [6.07, 6.45) is -0.961. The quantitative estimate of drug-likeness (QED) is 0.0325. The molecule has 2 fully saturated rings. The molecule has 0 aliphatic carbocycles. The van der Waals surface area contributed by atoms with Crippen molar-refractivity contribution in [2.24, 2.45) is 0 Å². The monoisotopic (exact) mass is 1080 g/mol. The minimum Gasteiger partial charge on any atom is -0.394 e. The minimum atomic E-state index is -4.87. The van der Waals surface area contributed by atoms with Crippen molar-refractivity contribution in [3.8, 4) is 24.2 Å². The first-order chi connectivity index (χ1) is 34.9. The number of halogens is 2. The molecule has 2 aromatic carbocycles. The van der Waals surface area contributed by atoms with Gasteiger partial charge in [0.2, 0.25) is 10.6 Å². The van der Waals surface area contributed by atoms with Crippen LogP contribution in [-0.2, 0) is 40.7 Å². The summed E-state index contributed by atoms with van der Waals surface area (Å²) in [4.78, 5) is 51.5. The SMILES string of the molecule is C#Cc1ccc(CN(CCC)c2nc(Cl)nc3c2ncn3[C@@H]2O[C@H](COP(=O)(O)CP(=O)(O)OCC#Cc3ccc(CN(CCC)c4nc(Cl)nc5c4ncn5[C@@H]4O[C@H](CO)[C@H](O)[C@@H]4O)cc3)[C@H](O)[C@@H]2O)cc1. The summed E-state index contributed by atoms with van der Waals surface area (Å²) in [7, 11) is -9.63. The molecule has 6 aromatic rings. The largest absolute Gasteiger partial charge is 0.394 e. The number of aromatic nitrogens is 8. The summed E-state index contributed by atoms with van der Waals surface area (Å²) in [5.41, 5.74) is 4.18. The summed E-state index contributed by atoms with van der Waals surface area (Å²) in [6.45, 7) is 4.05. The molecule has 27 heteroatoms. The molecule has 0 bridgehead atoms. The van der Waals surface area contributed by atoms with Crippen molar-refractivity contribution in [1.29, 1.82) is 0 Å². The summed E-state index contributed by atoms with van der Waals surface area (Å²) in [5, 5.41) is 52.3. The predicted molar refractivity (Wildman–Crippen MR) is 266 cm³/mol. The lowest BCUT2D eigenvalue weighted by Crippen LogP contribution is -2.33. The van der Waals surface area contributed by atoms with Gasteiger partial charge in [0.05, 0.1) is 25.9 Å². The van der Waals surface area contributed by atoms with E-state index in [1.807, 2.05) is 60.0 Å². The van der Waals surface area contributed by atoms with Gasteiger partial charge in [-0.25, -0.2) is 9.97 Å². The fourth-order valence-corrected chi connectivity index (χ4v) is 11.9. The highest BCUT2D eigenvalue weighted by molar-refractivity contribution is 7.70. The standard InChI is InChI=1S/C46H52Cl2N10O13P2/c1-4-17-55(20-29-13-9-27(6-3)10-14-29)40-34-42(54-46(48)52-40)58(25-50-34)44-38(63)36(61)32(71-44)23-69-73(66,67)26-72(64,65)68-19-7-8-28-11-15-30(16-12-28)21-56(18-5-2)39-33-41(53-45(47)51-39)57(24-49-33)43-37(62)35(60)31(22-59)70-43/h3,9-16,24-25,31-32,35-38,43-44,59-63H,4-5,17-23,26H2,1-2H3,(H,64,65)(H,66,67)/t31-,32-,35+,36+,37+,38+,43-,44-/m1/s1. The highest BCUT2D eigenvalue weighted by atomic mass is 35.5. The first kappa shape index (κ1) is 54.1. The highest BCUT2D eigenvalue weighted by Crippen LogP contribution is 2.58. The molecule has 2 saturated heterocycles. The Balaban J connectivity index is 0.852. The van der Waals surface area contributed by atoms with E-state index in [0.29, 0.717) is 54.4 Å². The second-order valence-corrected chi connectivity index (χ2v) is 22.1. The first-order valence-electron chi connectivity index (χ1n) is 22.9. The Morgan fingerprint density at radius 1 is 0.699 bits per heavy atom. The van der Waals surface area contributed by atoms with Gasteiger partial charge in [0, 0.05) is 37.3 Å². The minimum absolute atomic E-state index is 0.0891. The first-order valence-corrected chi connectivity index (χ1v) is 27.2. The molecule has 2 aliphatic rings. The van der Waals surface area contributed by atoms with Crippen LogP contribution in [0.15, 0.2) is 61.2 Å². The topological polar surface area (TPSA) is 306 Å². The Morgan fingerprint density at radius 2 is 1.16 bits per heavy atom. The lowest BCUT2D eigenvalue weighted by Gasteiger charge is -2.24. The molecule has 0 spiro atoms. The van der Waals surface area contributed by atoms with Crippen molar-refractivity contribution in [3.63, 3.8) is 0 Å². The van der Waals surface area contributed by atoms with E-state index in [9.17, 15) is 44.4 Å². The average Bonchev–Trinajstić information content (AvgIpc) is 4.12. The van der Waals surface area contributed by atoms with Crippen molar-refractivity contribution < 1.29 is 63.0 Å². The summed E-state index contributed by atoms with van der Waals surface area (Å²) in [6, 6.07) is 14.6. The molecule has 4 aromatic heterocycles. The van der Waals surface area contributed by atoms with Crippen LogP contribution in [0.2, 0.25) is 10.6 Å². The van der Waals surface area contributed by atoms with Crippen LogP contribution in [0.1, 0.15) is 61.4 Å².